The molecule has 3 aromatic rings. The quantitative estimate of drug-likeness (QED) is 0.691. The highest BCUT2D eigenvalue weighted by Gasteiger charge is 2.38. The van der Waals surface area contributed by atoms with Gasteiger partial charge in [0, 0.05) is 36.3 Å². The van der Waals surface area contributed by atoms with Crippen LogP contribution in [0.4, 0.5) is 5.82 Å². The molecule has 1 atom stereocenters. The van der Waals surface area contributed by atoms with Crippen molar-refractivity contribution in [1.29, 1.82) is 0 Å². The molecule has 0 radical (unpaired) electrons. The number of ether oxygens (including phenoxy) is 1. The van der Waals surface area contributed by atoms with Gasteiger partial charge in [0.15, 0.2) is 0 Å². The smallest absolute Gasteiger partial charge is 0.291 e. The van der Waals surface area contributed by atoms with Crippen molar-refractivity contribution >= 4 is 22.8 Å². The predicted octanol–water partition coefficient (Wildman–Crippen LogP) is 3.53. The molecule has 1 saturated carbocycles. The monoisotopic (exact) mass is 407 g/mol. The maximum atomic E-state index is 13.2. The van der Waals surface area contributed by atoms with Crippen LogP contribution < -0.4 is 10.1 Å². The second-order valence-electron chi connectivity index (χ2n) is 8.50. The molecule has 1 aliphatic heterocycles. The van der Waals surface area contributed by atoms with Gasteiger partial charge in [0.25, 0.3) is 5.91 Å². The van der Waals surface area contributed by atoms with Gasteiger partial charge in [-0.1, -0.05) is 6.07 Å². The summed E-state index contributed by atoms with van der Waals surface area (Å²) in [6.07, 6.45) is 3.01. The highest BCUT2D eigenvalue weighted by Crippen LogP contribution is 2.39. The maximum absolute atomic E-state index is 13.2. The molecule has 4 heterocycles. The fraction of sp³-hybridized carbons (Fsp3) is 0.455. The lowest BCUT2D eigenvalue weighted by atomic mass is 10.0. The van der Waals surface area contributed by atoms with Crippen molar-refractivity contribution in [1.82, 2.24) is 19.9 Å². The number of hydrogen-bond acceptors (Lipinski definition) is 7. The number of aryl methyl sites for hydroxylation is 1. The number of likely N-dealkylation sites (tertiary alicyclic amines) is 1. The third kappa shape index (κ3) is 3.46. The van der Waals surface area contributed by atoms with Crippen LogP contribution in [0.5, 0.6) is 5.88 Å². The zero-order valence-electron chi connectivity index (χ0n) is 17.4. The number of furan rings is 1. The highest BCUT2D eigenvalue weighted by molar-refractivity contribution is 5.95. The molecule has 2 fully saturated rings. The van der Waals surface area contributed by atoms with E-state index < -0.39 is 0 Å². The molecule has 0 bridgehead atoms. The van der Waals surface area contributed by atoms with E-state index in [1.165, 1.54) is 0 Å². The number of carbonyl (C=O) groups excluding carboxylic acids is 1. The number of aromatic nitrogens is 3. The van der Waals surface area contributed by atoms with Crippen LogP contribution in [0, 0.1) is 6.92 Å². The number of methoxy groups -OCH3 is 1. The lowest BCUT2D eigenvalue weighted by molar-refractivity contribution is 0.0778. The van der Waals surface area contributed by atoms with Crippen LogP contribution in [-0.2, 0) is 0 Å². The molecule has 30 heavy (non-hydrogen) atoms. The molecule has 1 amide bonds. The molecular weight excluding hydrogens is 382 g/mol. The number of anilines is 1. The summed E-state index contributed by atoms with van der Waals surface area (Å²) in [5.74, 6) is 2.16. The van der Waals surface area contributed by atoms with Gasteiger partial charge in [0.2, 0.25) is 17.4 Å². The van der Waals surface area contributed by atoms with E-state index in [9.17, 15) is 4.79 Å². The Bertz CT molecular complexity index is 1120. The summed E-state index contributed by atoms with van der Waals surface area (Å²) >= 11 is 0. The third-order valence-corrected chi connectivity index (χ3v) is 5.98. The van der Waals surface area contributed by atoms with Crippen LogP contribution in [0.15, 0.2) is 28.7 Å². The number of amides is 1. The second kappa shape index (κ2) is 6.97. The Morgan fingerprint density at radius 1 is 1.30 bits per heavy atom. The van der Waals surface area contributed by atoms with Crippen LogP contribution in [0.1, 0.15) is 54.2 Å². The van der Waals surface area contributed by atoms with Gasteiger partial charge < -0.3 is 19.4 Å². The first-order chi connectivity index (χ1) is 14.4. The SMILES string of the molecule is COc1cccc(C2CCN(C(=O)c3nc(NC4(C)CC4)c4cc(C)oc4n3)C2)n1. The Morgan fingerprint density at radius 2 is 2.13 bits per heavy atom. The molecule has 5 rings (SSSR count). The van der Waals surface area contributed by atoms with E-state index in [1.807, 2.05) is 31.2 Å². The zero-order chi connectivity index (χ0) is 20.9. The Morgan fingerprint density at radius 3 is 2.90 bits per heavy atom. The largest absolute Gasteiger partial charge is 0.481 e. The van der Waals surface area contributed by atoms with Crippen molar-refractivity contribution in [3.05, 3.63) is 41.5 Å². The molecule has 1 saturated heterocycles. The zero-order valence-corrected chi connectivity index (χ0v) is 17.4. The normalized spacial score (nSPS) is 19.8. The molecule has 3 aromatic heterocycles. The molecule has 8 nitrogen and oxygen atoms in total. The van der Waals surface area contributed by atoms with E-state index in [2.05, 4.69) is 27.2 Å². The van der Waals surface area contributed by atoms with Gasteiger partial charge in [0.1, 0.15) is 11.6 Å². The third-order valence-electron chi connectivity index (χ3n) is 5.98. The van der Waals surface area contributed by atoms with Crippen molar-refractivity contribution in [2.75, 3.05) is 25.5 Å². The summed E-state index contributed by atoms with van der Waals surface area (Å²) < 4.78 is 11.0. The fourth-order valence-electron chi connectivity index (χ4n) is 3.93. The number of nitrogens with one attached hydrogen (secondary N) is 1. The van der Waals surface area contributed by atoms with E-state index in [1.54, 1.807) is 12.0 Å². The Hall–Kier alpha value is -3.16. The predicted molar refractivity (Wildman–Crippen MR) is 112 cm³/mol. The van der Waals surface area contributed by atoms with Gasteiger partial charge in [-0.3, -0.25) is 4.79 Å². The number of hydrogen-bond donors (Lipinski definition) is 1. The average Bonchev–Trinajstić information content (AvgIpc) is 3.14. The maximum Gasteiger partial charge on any atom is 0.291 e. The average molecular weight is 407 g/mol. The second-order valence-corrected chi connectivity index (χ2v) is 8.50. The van der Waals surface area contributed by atoms with Crippen molar-refractivity contribution in [3.8, 4) is 5.88 Å². The van der Waals surface area contributed by atoms with Gasteiger partial charge in [-0.25, -0.2) is 9.97 Å². The van der Waals surface area contributed by atoms with Crippen LogP contribution >= 0.6 is 0 Å². The molecule has 1 unspecified atom stereocenters. The van der Waals surface area contributed by atoms with Gasteiger partial charge in [-0.05, 0) is 45.2 Å². The van der Waals surface area contributed by atoms with Crippen LogP contribution in [0.3, 0.4) is 0 Å². The van der Waals surface area contributed by atoms with E-state index >= 15 is 0 Å². The highest BCUT2D eigenvalue weighted by atomic mass is 16.5. The van der Waals surface area contributed by atoms with Gasteiger partial charge in [-0.2, -0.15) is 4.98 Å². The first kappa shape index (κ1) is 18.8. The number of nitrogens with zero attached hydrogens (tertiary/aromatic N) is 4. The Kier molecular flexibility index (Phi) is 4.38. The summed E-state index contributed by atoms with van der Waals surface area (Å²) in [4.78, 5) is 28.6. The Balaban J connectivity index is 1.40. The molecule has 0 aromatic carbocycles. The summed E-state index contributed by atoms with van der Waals surface area (Å²) in [7, 11) is 1.61. The standard InChI is InChI=1S/C22H25N5O3/c1-13-11-15-18(26-22(2)8-9-22)24-19(25-20(15)30-13)21(28)27-10-7-14(12-27)16-5-4-6-17(23-16)29-3/h4-6,11,14H,7-10,12H2,1-3H3,(H,24,25,26). The van der Waals surface area contributed by atoms with Crippen molar-refractivity contribution in [3.63, 3.8) is 0 Å². The fourth-order valence-corrected chi connectivity index (χ4v) is 3.93. The van der Waals surface area contributed by atoms with Crippen LogP contribution in [0.2, 0.25) is 0 Å². The lowest BCUT2D eigenvalue weighted by Crippen LogP contribution is -2.30. The minimum atomic E-state index is -0.180. The van der Waals surface area contributed by atoms with Crippen molar-refractivity contribution in [2.24, 2.45) is 0 Å². The van der Waals surface area contributed by atoms with Crippen LogP contribution in [-0.4, -0.2) is 51.5 Å². The molecule has 0 spiro atoms. The van der Waals surface area contributed by atoms with E-state index in [4.69, 9.17) is 9.15 Å². The van der Waals surface area contributed by atoms with Gasteiger partial charge in [0.05, 0.1) is 12.5 Å². The van der Waals surface area contributed by atoms with Crippen molar-refractivity contribution in [2.45, 2.75) is 44.6 Å². The van der Waals surface area contributed by atoms with E-state index in [-0.39, 0.29) is 23.2 Å². The van der Waals surface area contributed by atoms with Crippen molar-refractivity contribution < 1.29 is 13.9 Å². The summed E-state index contributed by atoms with van der Waals surface area (Å²) in [5, 5.41) is 4.29. The first-order valence-corrected chi connectivity index (χ1v) is 10.3. The lowest BCUT2D eigenvalue weighted by Gasteiger charge is -2.17. The summed E-state index contributed by atoms with van der Waals surface area (Å²) in [6, 6.07) is 7.65. The molecule has 1 N–H and O–H groups in total. The summed E-state index contributed by atoms with van der Waals surface area (Å²) in [6.45, 7) is 5.25. The van der Waals surface area contributed by atoms with Gasteiger partial charge >= 0.3 is 0 Å². The molecule has 2 aliphatic rings. The van der Waals surface area contributed by atoms with Crippen LogP contribution in [0.25, 0.3) is 11.1 Å². The molecule has 1 aliphatic carbocycles. The first-order valence-electron chi connectivity index (χ1n) is 10.3. The Labute approximate surface area is 174 Å². The number of fused-ring (bicyclic) bond motifs is 1. The number of pyridine rings is 1. The molecule has 156 valence electrons. The number of carbonyl (C=O) groups is 1. The topological polar surface area (TPSA) is 93.4 Å². The van der Waals surface area contributed by atoms with E-state index in [0.29, 0.717) is 30.5 Å². The van der Waals surface area contributed by atoms with E-state index in [0.717, 1.165) is 36.1 Å². The number of rotatable bonds is 5. The minimum absolute atomic E-state index is 0.0313. The molecular formula is C22H25N5O3. The summed E-state index contributed by atoms with van der Waals surface area (Å²) in [5.41, 5.74) is 1.42. The molecule has 8 heteroatoms. The minimum Gasteiger partial charge on any atom is -0.481 e. The van der Waals surface area contributed by atoms with Gasteiger partial charge in [-0.15, -0.1) is 0 Å².